The summed E-state index contributed by atoms with van der Waals surface area (Å²) in [6, 6.07) is 11.2. The lowest BCUT2D eigenvalue weighted by molar-refractivity contribution is -0.135. The predicted octanol–water partition coefficient (Wildman–Crippen LogP) is 1.46. The van der Waals surface area contributed by atoms with Crippen LogP contribution in [0.1, 0.15) is 10.5 Å². The van der Waals surface area contributed by atoms with E-state index in [2.05, 4.69) is 20.4 Å². The highest BCUT2D eigenvalue weighted by atomic mass is 16.4. The SMILES string of the molecule is O=C(O)CNC(=O)c1c(O)c2cnc(-c3ccccc3)cc2c2ncnn12. The highest BCUT2D eigenvalue weighted by molar-refractivity contribution is 6.07. The lowest BCUT2D eigenvalue weighted by atomic mass is 10.1. The first-order chi connectivity index (χ1) is 13.1. The molecule has 27 heavy (non-hydrogen) atoms. The van der Waals surface area contributed by atoms with E-state index in [0.717, 1.165) is 5.56 Å². The predicted molar refractivity (Wildman–Crippen MR) is 95.4 cm³/mol. The van der Waals surface area contributed by atoms with Crippen LogP contribution in [0.3, 0.4) is 0 Å². The van der Waals surface area contributed by atoms with Gasteiger partial charge in [0.1, 0.15) is 12.9 Å². The van der Waals surface area contributed by atoms with Gasteiger partial charge in [0.2, 0.25) is 0 Å². The molecule has 134 valence electrons. The van der Waals surface area contributed by atoms with E-state index in [1.807, 2.05) is 30.3 Å². The van der Waals surface area contributed by atoms with Gasteiger partial charge in [0.15, 0.2) is 17.1 Å². The summed E-state index contributed by atoms with van der Waals surface area (Å²) in [5, 5.41) is 26.5. The maximum absolute atomic E-state index is 12.4. The fourth-order valence-electron chi connectivity index (χ4n) is 2.86. The number of aromatic nitrogens is 4. The molecule has 0 aliphatic heterocycles. The van der Waals surface area contributed by atoms with E-state index in [0.29, 0.717) is 22.1 Å². The number of amides is 1. The van der Waals surface area contributed by atoms with Crippen LogP contribution >= 0.6 is 0 Å². The number of carbonyl (C=O) groups excluding carboxylic acids is 1. The molecule has 9 nitrogen and oxygen atoms in total. The van der Waals surface area contributed by atoms with Crippen molar-refractivity contribution in [1.29, 1.82) is 0 Å². The third kappa shape index (κ3) is 2.80. The Morgan fingerprint density at radius 1 is 1.11 bits per heavy atom. The van der Waals surface area contributed by atoms with Gasteiger partial charge in [0, 0.05) is 22.5 Å². The summed E-state index contributed by atoms with van der Waals surface area (Å²) in [5.74, 6) is -2.33. The molecule has 1 aromatic carbocycles. The summed E-state index contributed by atoms with van der Waals surface area (Å²) in [7, 11) is 0. The molecular formula is C18H13N5O4. The Hall–Kier alpha value is -4.01. The van der Waals surface area contributed by atoms with Crippen LogP contribution in [-0.4, -0.2) is 48.2 Å². The molecular weight excluding hydrogens is 350 g/mol. The molecule has 0 saturated carbocycles. The average Bonchev–Trinajstić information content (AvgIpc) is 3.16. The standard InChI is InChI=1S/C18H13N5O4/c24-14(25)8-20-18(27)15-16(26)12-7-19-13(10-4-2-1-3-5-10)6-11(12)17-21-9-22-23(15)17/h1-7,9,26H,8H2,(H,20,27)(H,24,25). The number of hydrogen-bond acceptors (Lipinski definition) is 6. The van der Waals surface area contributed by atoms with Crippen molar-refractivity contribution in [1.82, 2.24) is 24.9 Å². The lowest BCUT2D eigenvalue weighted by Crippen LogP contribution is -2.31. The second kappa shape index (κ2) is 6.37. The van der Waals surface area contributed by atoms with E-state index in [1.54, 1.807) is 6.07 Å². The zero-order valence-electron chi connectivity index (χ0n) is 13.8. The van der Waals surface area contributed by atoms with Crippen LogP contribution in [0.4, 0.5) is 0 Å². The number of carboxylic acid groups (broad SMARTS) is 1. The van der Waals surface area contributed by atoms with Crippen LogP contribution in [0.25, 0.3) is 27.7 Å². The normalized spacial score (nSPS) is 11.0. The molecule has 4 rings (SSSR count). The van der Waals surface area contributed by atoms with Gasteiger partial charge in [-0.3, -0.25) is 14.6 Å². The molecule has 1 amide bonds. The van der Waals surface area contributed by atoms with Crippen molar-refractivity contribution in [2.75, 3.05) is 6.54 Å². The van der Waals surface area contributed by atoms with E-state index in [4.69, 9.17) is 5.11 Å². The summed E-state index contributed by atoms with van der Waals surface area (Å²) in [6.45, 7) is -0.586. The molecule has 0 saturated heterocycles. The van der Waals surface area contributed by atoms with Crippen LogP contribution < -0.4 is 5.32 Å². The fraction of sp³-hybridized carbons (Fsp3) is 0.0556. The third-order valence-electron chi connectivity index (χ3n) is 4.07. The fourth-order valence-corrected chi connectivity index (χ4v) is 2.86. The van der Waals surface area contributed by atoms with Crippen molar-refractivity contribution in [3.8, 4) is 17.0 Å². The van der Waals surface area contributed by atoms with E-state index in [1.165, 1.54) is 17.0 Å². The molecule has 3 heterocycles. The van der Waals surface area contributed by atoms with Gasteiger partial charge in [-0.25, -0.2) is 9.50 Å². The van der Waals surface area contributed by atoms with E-state index >= 15 is 0 Å². The number of rotatable bonds is 4. The molecule has 0 radical (unpaired) electrons. The number of hydrogen-bond donors (Lipinski definition) is 3. The van der Waals surface area contributed by atoms with Gasteiger partial charge in [-0.1, -0.05) is 30.3 Å². The summed E-state index contributed by atoms with van der Waals surface area (Å²) in [6.07, 6.45) is 2.71. The zero-order valence-corrected chi connectivity index (χ0v) is 13.8. The number of nitrogens with zero attached hydrogens (tertiary/aromatic N) is 4. The molecule has 0 fully saturated rings. The van der Waals surface area contributed by atoms with Crippen LogP contribution in [0, 0.1) is 0 Å². The van der Waals surface area contributed by atoms with Crippen LogP contribution in [0.5, 0.6) is 5.75 Å². The number of aliphatic carboxylic acids is 1. The third-order valence-corrected chi connectivity index (χ3v) is 4.07. The van der Waals surface area contributed by atoms with Gasteiger partial charge in [0.05, 0.1) is 5.69 Å². The van der Waals surface area contributed by atoms with Gasteiger partial charge in [-0.15, -0.1) is 0 Å². The highest BCUT2D eigenvalue weighted by Gasteiger charge is 2.22. The maximum Gasteiger partial charge on any atom is 0.322 e. The zero-order chi connectivity index (χ0) is 19.0. The molecule has 9 heteroatoms. The number of benzene rings is 1. The lowest BCUT2D eigenvalue weighted by Gasteiger charge is -2.11. The molecule has 0 spiro atoms. The Morgan fingerprint density at radius 2 is 1.89 bits per heavy atom. The van der Waals surface area contributed by atoms with E-state index < -0.39 is 18.4 Å². The van der Waals surface area contributed by atoms with E-state index in [9.17, 15) is 14.7 Å². The average molecular weight is 363 g/mol. The number of fused-ring (bicyclic) bond motifs is 3. The van der Waals surface area contributed by atoms with Gasteiger partial charge in [0.25, 0.3) is 5.91 Å². The monoisotopic (exact) mass is 363 g/mol. The first-order valence-corrected chi connectivity index (χ1v) is 7.96. The number of nitrogens with one attached hydrogen (secondary N) is 1. The van der Waals surface area contributed by atoms with E-state index in [-0.39, 0.29) is 11.4 Å². The molecule has 0 bridgehead atoms. The molecule has 3 aromatic heterocycles. The Morgan fingerprint density at radius 3 is 2.63 bits per heavy atom. The van der Waals surface area contributed by atoms with Crippen molar-refractivity contribution in [2.45, 2.75) is 0 Å². The molecule has 4 aromatic rings. The second-order valence-corrected chi connectivity index (χ2v) is 5.75. The van der Waals surface area contributed by atoms with Crippen molar-refractivity contribution >= 4 is 28.3 Å². The second-order valence-electron chi connectivity index (χ2n) is 5.75. The Kier molecular flexibility index (Phi) is 3.88. The van der Waals surface area contributed by atoms with Crippen molar-refractivity contribution in [3.05, 3.63) is 54.6 Å². The van der Waals surface area contributed by atoms with Crippen LogP contribution in [0.15, 0.2) is 48.9 Å². The summed E-state index contributed by atoms with van der Waals surface area (Å²) in [5.41, 5.74) is 1.71. The minimum absolute atomic E-state index is 0.203. The summed E-state index contributed by atoms with van der Waals surface area (Å²) in [4.78, 5) is 31.6. The Labute approximate surface area is 151 Å². The number of aromatic hydroxyl groups is 1. The Bertz CT molecular complexity index is 1190. The summed E-state index contributed by atoms with van der Waals surface area (Å²) >= 11 is 0. The maximum atomic E-state index is 12.4. The smallest absolute Gasteiger partial charge is 0.322 e. The van der Waals surface area contributed by atoms with Gasteiger partial charge in [-0.05, 0) is 6.07 Å². The quantitative estimate of drug-likeness (QED) is 0.500. The number of carboxylic acids is 1. The molecule has 0 aliphatic rings. The minimum atomic E-state index is -1.20. The first kappa shape index (κ1) is 16.5. The molecule has 0 atom stereocenters. The van der Waals surface area contributed by atoms with Crippen molar-refractivity contribution in [3.63, 3.8) is 0 Å². The van der Waals surface area contributed by atoms with Crippen molar-refractivity contribution in [2.24, 2.45) is 0 Å². The van der Waals surface area contributed by atoms with Crippen LogP contribution in [0.2, 0.25) is 0 Å². The van der Waals surface area contributed by atoms with Gasteiger partial charge in [-0.2, -0.15) is 5.10 Å². The van der Waals surface area contributed by atoms with Gasteiger partial charge >= 0.3 is 5.97 Å². The largest absolute Gasteiger partial charge is 0.505 e. The number of pyridine rings is 2. The molecule has 0 aliphatic carbocycles. The topological polar surface area (TPSA) is 130 Å². The van der Waals surface area contributed by atoms with Gasteiger partial charge < -0.3 is 15.5 Å². The molecule has 0 unspecified atom stereocenters. The number of carbonyl (C=O) groups is 2. The highest BCUT2D eigenvalue weighted by Crippen LogP contribution is 2.32. The molecule has 3 N–H and O–H groups in total. The minimum Gasteiger partial charge on any atom is -0.505 e. The van der Waals surface area contributed by atoms with Crippen molar-refractivity contribution < 1.29 is 19.8 Å². The van der Waals surface area contributed by atoms with Crippen LogP contribution in [-0.2, 0) is 4.79 Å². The summed E-state index contributed by atoms with van der Waals surface area (Å²) < 4.78 is 1.18. The Balaban J connectivity index is 1.92. The first-order valence-electron chi connectivity index (χ1n) is 7.96.